The zero-order valence-electron chi connectivity index (χ0n) is 14.3. The number of rotatable bonds is 8. The summed E-state index contributed by atoms with van der Waals surface area (Å²) in [6, 6.07) is 17.1. The van der Waals surface area contributed by atoms with E-state index in [1.165, 1.54) is 4.90 Å². The summed E-state index contributed by atoms with van der Waals surface area (Å²) in [5.74, 6) is -0.753. The van der Waals surface area contributed by atoms with Crippen LogP contribution >= 0.6 is 0 Å². The normalized spacial score (nSPS) is 10.8. The van der Waals surface area contributed by atoms with Crippen LogP contribution in [0.1, 0.15) is 17.9 Å². The van der Waals surface area contributed by atoms with Crippen molar-refractivity contribution in [3.63, 3.8) is 0 Å². The Hall–Kier alpha value is -3.15. The molecular formula is C20H20N2O4. The van der Waals surface area contributed by atoms with Crippen molar-refractivity contribution < 1.29 is 19.1 Å². The Morgan fingerprint density at radius 3 is 2.46 bits per heavy atom. The van der Waals surface area contributed by atoms with Crippen LogP contribution in [0.15, 0.2) is 59.0 Å². The van der Waals surface area contributed by atoms with Crippen molar-refractivity contribution in [3.05, 3.63) is 66.1 Å². The van der Waals surface area contributed by atoms with Gasteiger partial charge in [0.1, 0.15) is 12.1 Å². The monoisotopic (exact) mass is 352 g/mol. The summed E-state index contributed by atoms with van der Waals surface area (Å²) in [4.78, 5) is 29.3. The van der Waals surface area contributed by atoms with E-state index in [-0.39, 0.29) is 18.9 Å². The lowest BCUT2D eigenvalue weighted by atomic mass is 10.1. The van der Waals surface area contributed by atoms with Gasteiger partial charge in [-0.15, -0.1) is 0 Å². The predicted octanol–water partition coefficient (Wildman–Crippen LogP) is 2.92. The molecule has 0 fully saturated rings. The molecule has 1 amide bonds. The van der Waals surface area contributed by atoms with Crippen molar-refractivity contribution >= 4 is 23.0 Å². The van der Waals surface area contributed by atoms with Gasteiger partial charge in [0.05, 0.1) is 0 Å². The molecule has 26 heavy (non-hydrogen) atoms. The van der Waals surface area contributed by atoms with E-state index in [1.807, 2.05) is 54.6 Å². The molecule has 6 nitrogen and oxygen atoms in total. The van der Waals surface area contributed by atoms with Crippen molar-refractivity contribution in [2.45, 2.75) is 19.3 Å². The number of aliphatic carboxylic acids is 1. The lowest BCUT2D eigenvalue weighted by Crippen LogP contribution is -2.37. The van der Waals surface area contributed by atoms with Gasteiger partial charge in [-0.3, -0.25) is 9.59 Å². The van der Waals surface area contributed by atoms with Gasteiger partial charge in [-0.2, -0.15) is 0 Å². The van der Waals surface area contributed by atoms with Gasteiger partial charge < -0.3 is 14.4 Å². The van der Waals surface area contributed by atoms with E-state index in [0.29, 0.717) is 30.9 Å². The van der Waals surface area contributed by atoms with E-state index in [9.17, 15) is 9.59 Å². The Labute approximate surface area is 151 Å². The zero-order valence-corrected chi connectivity index (χ0v) is 14.3. The van der Waals surface area contributed by atoms with Crippen LogP contribution in [0.25, 0.3) is 11.1 Å². The highest BCUT2D eigenvalue weighted by atomic mass is 16.4. The number of hydrogen-bond donors (Lipinski definition) is 1. The minimum atomic E-state index is -1.02. The summed E-state index contributed by atoms with van der Waals surface area (Å²) in [7, 11) is 0. The minimum absolute atomic E-state index is 0.162. The van der Waals surface area contributed by atoms with Gasteiger partial charge in [0.2, 0.25) is 5.91 Å². The molecule has 0 radical (unpaired) electrons. The maximum absolute atomic E-state index is 12.5. The number of carbonyl (C=O) groups excluding carboxylic acids is 1. The van der Waals surface area contributed by atoms with E-state index in [2.05, 4.69) is 4.98 Å². The topological polar surface area (TPSA) is 83.6 Å². The second-order valence-electron chi connectivity index (χ2n) is 6.02. The molecule has 1 heterocycles. The molecule has 2 aromatic carbocycles. The number of hydrogen-bond acceptors (Lipinski definition) is 4. The summed E-state index contributed by atoms with van der Waals surface area (Å²) in [6.45, 7) is 0.0575. The molecular weight excluding hydrogens is 332 g/mol. The average Bonchev–Trinajstić information content (AvgIpc) is 3.06. The average molecular weight is 352 g/mol. The summed E-state index contributed by atoms with van der Waals surface area (Å²) < 4.78 is 5.61. The molecule has 0 saturated heterocycles. The van der Waals surface area contributed by atoms with E-state index >= 15 is 0 Å². The maximum Gasteiger partial charge on any atom is 0.323 e. The van der Waals surface area contributed by atoms with Gasteiger partial charge in [-0.1, -0.05) is 42.5 Å². The minimum Gasteiger partial charge on any atom is -0.480 e. The van der Waals surface area contributed by atoms with E-state index < -0.39 is 5.97 Å². The molecule has 0 unspecified atom stereocenters. The van der Waals surface area contributed by atoms with Crippen molar-refractivity contribution in [1.82, 2.24) is 9.88 Å². The van der Waals surface area contributed by atoms with Gasteiger partial charge in [0.15, 0.2) is 11.5 Å². The van der Waals surface area contributed by atoms with Gasteiger partial charge >= 0.3 is 5.97 Å². The standard InChI is InChI=1S/C20H20N2O4/c23-19(11-10-18-21-16-8-4-5-9-17(16)26-18)22(14-20(24)25)13-12-15-6-2-1-3-7-15/h1-9H,10-14H2,(H,24,25). The second kappa shape index (κ2) is 8.29. The van der Waals surface area contributed by atoms with Crippen LogP contribution in [0.5, 0.6) is 0 Å². The molecule has 0 saturated carbocycles. The molecule has 3 aromatic rings. The van der Waals surface area contributed by atoms with Gasteiger partial charge in [-0.25, -0.2) is 4.98 Å². The number of benzene rings is 2. The molecule has 0 aliphatic rings. The molecule has 0 aliphatic carbocycles. The number of nitrogens with zero attached hydrogens (tertiary/aromatic N) is 2. The summed E-state index contributed by atoms with van der Waals surface area (Å²) in [6.07, 6.45) is 1.12. The SMILES string of the molecule is O=C(O)CN(CCc1ccccc1)C(=O)CCc1nc2ccccc2o1. The van der Waals surface area contributed by atoms with Crippen LogP contribution in [0.3, 0.4) is 0 Å². The van der Waals surface area contributed by atoms with Gasteiger partial charge in [-0.05, 0) is 24.1 Å². The highest BCUT2D eigenvalue weighted by molar-refractivity contribution is 5.81. The molecule has 1 aromatic heterocycles. The number of aryl methyl sites for hydroxylation is 1. The Bertz CT molecular complexity index is 856. The fourth-order valence-corrected chi connectivity index (χ4v) is 2.76. The molecule has 6 heteroatoms. The Kier molecular flexibility index (Phi) is 5.63. The maximum atomic E-state index is 12.5. The lowest BCUT2D eigenvalue weighted by Gasteiger charge is -2.20. The fourth-order valence-electron chi connectivity index (χ4n) is 2.76. The Morgan fingerprint density at radius 2 is 1.73 bits per heavy atom. The molecule has 0 bridgehead atoms. The third-order valence-corrected chi connectivity index (χ3v) is 4.08. The lowest BCUT2D eigenvalue weighted by molar-refractivity contribution is -0.144. The van der Waals surface area contributed by atoms with Gasteiger partial charge in [0, 0.05) is 19.4 Å². The Morgan fingerprint density at radius 1 is 1.00 bits per heavy atom. The number of carbonyl (C=O) groups is 2. The van der Waals surface area contributed by atoms with Crippen molar-refractivity contribution in [1.29, 1.82) is 0 Å². The number of para-hydroxylation sites is 2. The highest BCUT2D eigenvalue weighted by Gasteiger charge is 2.18. The first-order valence-corrected chi connectivity index (χ1v) is 8.50. The number of carboxylic acids is 1. The highest BCUT2D eigenvalue weighted by Crippen LogP contribution is 2.16. The summed E-state index contributed by atoms with van der Waals surface area (Å²) in [5, 5.41) is 9.09. The molecule has 1 N–H and O–H groups in total. The summed E-state index contributed by atoms with van der Waals surface area (Å²) >= 11 is 0. The smallest absolute Gasteiger partial charge is 0.323 e. The van der Waals surface area contributed by atoms with Crippen LogP contribution in [-0.2, 0) is 22.4 Å². The van der Waals surface area contributed by atoms with Crippen LogP contribution in [0.2, 0.25) is 0 Å². The second-order valence-corrected chi connectivity index (χ2v) is 6.02. The van der Waals surface area contributed by atoms with Crippen LogP contribution in [-0.4, -0.2) is 40.0 Å². The number of amides is 1. The van der Waals surface area contributed by atoms with Crippen LogP contribution in [0, 0.1) is 0 Å². The van der Waals surface area contributed by atoms with E-state index in [0.717, 1.165) is 11.1 Å². The van der Waals surface area contributed by atoms with Crippen molar-refractivity contribution in [3.8, 4) is 0 Å². The van der Waals surface area contributed by atoms with Gasteiger partial charge in [0.25, 0.3) is 0 Å². The first kappa shape index (κ1) is 17.7. The van der Waals surface area contributed by atoms with E-state index in [1.54, 1.807) is 0 Å². The summed E-state index contributed by atoms with van der Waals surface area (Å²) in [5.41, 5.74) is 2.50. The number of oxazole rings is 1. The van der Waals surface area contributed by atoms with Crippen LogP contribution < -0.4 is 0 Å². The molecule has 3 rings (SSSR count). The molecule has 0 aliphatic heterocycles. The third-order valence-electron chi connectivity index (χ3n) is 4.08. The molecule has 0 atom stereocenters. The van der Waals surface area contributed by atoms with Crippen molar-refractivity contribution in [2.75, 3.05) is 13.1 Å². The predicted molar refractivity (Wildman–Crippen MR) is 96.7 cm³/mol. The van der Waals surface area contributed by atoms with E-state index in [4.69, 9.17) is 9.52 Å². The van der Waals surface area contributed by atoms with Crippen molar-refractivity contribution in [2.24, 2.45) is 0 Å². The first-order valence-electron chi connectivity index (χ1n) is 8.50. The third kappa shape index (κ3) is 4.69. The molecule has 134 valence electrons. The fraction of sp³-hybridized carbons (Fsp3) is 0.250. The number of fused-ring (bicyclic) bond motifs is 1. The number of carboxylic acid groups (broad SMARTS) is 1. The number of aromatic nitrogens is 1. The van der Waals surface area contributed by atoms with Crippen LogP contribution in [0.4, 0.5) is 0 Å². The largest absolute Gasteiger partial charge is 0.480 e. The zero-order chi connectivity index (χ0) is 18.4. The molecule has 0 spiro atoms. The first-order chi connectivity index (χ1) is 12.6. The quantitative estimate of drug-likeness (QED) is 0.674. The Balaban J connectivity index is 1.60.